The van der Waals surface area contributed by atoms with Crippen molar-refractivity contribution in [3.8, 4) is 16.4 Å². The number of urea groups is 1. The summed E-state index contributed by atoms with van der Waals surface area (Å²) in [6.07, 6.45) is 2.29. The van der Waals surface area contributed by atoms with E-state index in [9.17, 15) is 9.59 Å². The second-order valence-corrected chi connectivity index (χ2v) is 11.5. The van der Waals surface area contributed by atoms with Crippen LogP contribution >= 0.6 is 27.3 Å². The smallest absolute Gasteiger partial charge is 0.322 e. The molecule has 1 atom stereocenters. The maximum Gasteiger partial charge on any atom is 0.322 e. The highest BCUT2D eigenvalue weighted by Crippen LogP contribution is 2.28. The molecule has 1 saturated heterocycles. The number of aromatic nitrogens is 3. The summed E-state index contributed by atoms with van der Waals surface area (Å²) >= 11 is 4.97. The third kappa shape index (κ3) is 5.49. The summed E-state index contributed by atoms with van der Waals surface area (Å²) in [6.45, 7) is 9.35. The van der Waals surface area contributed by atoms with Gasteiger partial charge < -0.3 is 15.1 Å². The van der Waals surface area contributed by atoms with E-state index in [-0.39, 0.29) is 18.0 Å². The quantitative estimate of drug-likeness (QED) is 0.288. The number of hydrogen-bond donors (Lipinski definition) is 1. The van der Waals surface area contributed by atoms with Gasteiger partial charge in [0.25, 0.3) is 5.91 Å². The number of halogens is 1. The molecular weight excluding hydrogens is 576 g/mol. The van der Waals surface area contributed by atoms with E-state index < -0.39 is 0 Å². The van der Waals surface area contributed by atoms with Crippen molar-refractivity contribution < 1.29 is 9.59 Å². The Kier molecular flexibility index (Phi) is 7.86. The highest BCUT2D eigenvalue weighted by atomic mass is 79.9. The van der Waals surface area contributed by atoms with E-state index in [0.717, 1.165) is 43.4 Å². The summed E-state index contributed by atoms with van der Waals surface area (Å²) in [6, 6.07) is 13.7. The first-order chi connectivity index (χ1) is 18.8. The molecule has 0 bridgehead atoms. The number of piperazine rings is 1. The molecule has 1 aliphatic rings. The number of benzene rings is 2. The average molecular weight is 608 g/mol. The van der Waals surface area contributed by atoms with Crippen LogP contribution in [0.1, 0.15) is 41.0 Å². The van der Waals surface area contributed by atoms with Gasteiger partial charge in [0.1, 0.15) is 0 Å². The molecule has 3 heterocycles. The van der Waals surface area contributed by atoms with Crippen LogP contribution in [0.5, 0.6) is 0 Å². The summed E-state index contributed by atoms with van der Waals surface area (Å²) in [5.41, 5.74) is 6.21. The zero-order valence-corrected chi connectivity index (χ0v) is 24.8. The number of rotatable bonds is 5. The minimum Gasteiger partial charge on any atom is -0.335 e. The molecular formula is C29H31BrN6O2S. The number of anilines is 1. The SMILES string of the molecule is CCc1c(C(=O)N2CCN(C(=O)Nc3c(C)cccc3C)C(C)C2)cnn1-c1nc(-c2ccc(Br)cc2)cs1. The number of thiazole rings is 1. The van der Waals surface area contributed by atoms with E-state index >= 15 is 0 Å². The van der Waals surface area contributed by atoms with Gasteiger partial charge >= 0.3 is 6.03 Å². The fourth-order valence-electron chi connectivity index (χ4n) is 4.98. The monoisotopic (exact) mass is 606 g/mol. The topological polar surface area (TPSA) is 83.4 Å². The third-order valence-corrected chi connectivity index (χ3v) is 8.48. The lowest BCUT2D eigenvalue weighted by molar-refractivity contribution is 0.0591. The van der Waals surface area contributed by atoms with E-state index in [1.165, 1.54) is 11.3 Å². The normalized spacial score (nSPS) is 15.5. The van der Waals surface area contributed by atoms with E-state index in [1.54, 1.807) is 15.8 Å². The van der Waals surface area contributed by atoms with Crippen molar-refractivity contribution in [2.45, 2.75) is 40.2 Å². The van der Waals surface area contributed by atoms with E-state index in [2.05, 4.69) is 26.3 Å². The van der Waals surface area contributed by atoms with Gasteiger partial charge in [0.05, 0.1) is 23.1 Å². The second kappa shape index (κ2) is 11.3. The molecule has 1 aliphatic heterocycles. The van der Waals surface area contributed by atoms with Crippen LogP contribution in [-0.4, -0.2) is 62.2 Å². The van der Waals surface area contributed by atoms with Gasteiger partial charge in [0, 0.05) is 46.8 Å². The molecule has 2 aromatic carbocycles. The van der Waals surface area contributed by atoms with Crippen molar-refractivity contribution in [3.05, 3.63) is 80.9 Å². The van der Waals surface area contributed by atoms with Crippen LogP contribution in [0.15, 0.2) is 58.5 Å². The van der Waals surface area contributed by atoms with Crippen LogP contribution in [-0.2, 0) is 6.42 Å². The number of nitrogens with one attached hydrogen (secondary N) is 1. The molecule has 2 aromatic heterocycles. The fraction of sp³-hybridized carbons (Fsp3) is 0.310. The Morgan fingerprint density at radius 3 is 2.49 bits per heavy atom. The fourth-order valence-corrected chi connectivity index (χ4v) is 6.06. The molecule has 1 N–H and O–H groups in total. The molecule has 5 rings (SSSR count). The molecule has 0 spiro atoms. The van der Waals surface area contributed by atoms with Gasteiger partial charge in [-0.15, -0.1) is 11.3 Å². The Morgan fingerprint density at radius 1 is 1.10 bits per heavy atom. The van der Waals surface area contributed by atoms with Crippen LogP contribution in [0.4, 0.5) is 10.5 Å². The number of hydrogen-bond acceptors (Lipinski definition) is 5. The molecule has 1 fully saturated rings. The standard InChI is InChI=1S/C29H31BrN6O2S/c1-5-25-23(15-31-36(25)29-32-24(17-39-29)21-9-11-22(30)12-10-21)27(37)34-13-14-35(20(4)16-34)28(38)33-26-18(2)7-6-8-19(26)3/h6-12,15,17,20H,5,13-14,16H2,1-4H3,(H,33,38). The van der Waals surface area contributed by atoms with Crippen LogP contribution in [0.3, 0.4) is 0 Å². The van der Waals surface area contributed by atoms with Crippen molar-refractivity contribution in [2.75, 3.05) is 25.0 Å². The summed E-state index contributed by atoms with van der Waals surface area (Å²) in [5, 5.41) is 10.4. The highest BCUT2D eigenvalue weighted by Gasteiger charge is 2.32. The summed E-state index contributed by atoms with van der Waals surface area (Å²) in [7, 11) is 0. The van der Waals surface area contributed by atoms with Crippen molar-refractivity contribution >= 4 is 44.9 Å². The lowest BCUT2D eigenvalue weighted by Crippen LogP contribution is -2.56. The Bertz CT molecular complexity index is 1490. The van der Waals surface area contributed by atoms with Gasteiger partial charge in [0.2, 0.25) is 5.13 Å². The number of aryl methyl sites for hydroxylation is 2. The summed E-state index contributed by atoms with van der Waals surface area (Å²) in [5.74, 6) is -0.0653. The first kappa shape index (κ1) is 27.1. The molecule has 4 aromatic rings. The molecule has 0 radical (unpaired) electrons. The minimum atomic E-state index is -0.139. The molecule has 10 heteroatoms. The number of amides is 3. The Hall–Kier alpha value is -3.50. The van der Waals surface area contributed by atoms with Gasteiger partial charge in [-0.05, 0) is 50.5 Å². The van der Waals surface area contributed by atoms with Crippen molar-refractivity contribution in [2.24, 2.45) is 0 Å². The Labute approximate surface area is 240 Å². The maximum absolute atomic E-state index is 13.6. The van der Waals surface area contributed by atoms with E-state index in [1.807, 2.05) is 80.4 Å². The van der Waals surface area contributed by atoms with Crippen LogP contribution in [0.25, 0.3) is 16.4 Å². The van der Waals surface area contributed by atoms with Crippen molar-refractivity contribution in [1.82, 2.24) is 24.6 Å². The minimum absolute atomic E-state index is 0.0653. The average Bonchev–Trinajstić information content (AvgIpc) is 3.58. The number of carbonyl (C=O) groups is 2. The Balaban J connectivity index is 1.29. The van der Waals surface area contributed by atoms with Crippen LogP contribution < -0.4 is 5.32 Å². The summed E-state index contributed by atoms with van der Waals surface area (Å²) < 4.78 is 2.79. The van der Waals surface area contributed by atoms with Crippen LogP contribution in [0.2, 0.25) is 0 Å². The zero-order valence-electron chi connectivity index (χ0n) is 22.4. The molecule has 39 heavy (non-hydrogen) atoms. The Morgan fingerprint density at radius 2 is 1.82 bits per heavy atom. The number of carbonyl (C=O) groups excluding carboxylic acids is 2. The predicted octanol–water partition coefficient (Wildman–Crippen LogP) is 6.32. The molecule has 0 aliphatic carbocycles. The van der Waals surface area contributed by atoms with Gasteiger partial charge in [-0.25, -0.2) is 14.5 Å². The van der Waals surface area contributed by atoms with Crippen LogP contribution in [0, 0.1) is 13.8 Å². The molecule has 0 saturated carbocycles. The second-order valence-electron chi connectivity index (χ2n) is 9.78. The van der Waals surface area contributed by atoms with Gasteiger partial charge in [-0.2, -0.15) is 5.10 Å². The maximum atomic E-state index is 13.6. The number of nitrogens with zero attached hydrogens (tertiary/aromatic N) is 5. The lowest BCUT2D eigenvalue weighted by Gasteiger charge is -2.39. The first-order valence-corrected chi connectivity index (χ1v) is 14.7. The van der Waals surface area contributed by atoms with E-state index in [4.69, 9.17) is 4.98 Å². The molecule has 202 valence electrons. The largest absolute Gasteiger partial charge is 0.335 e. The first-order valence-electron chi connectivity index (χ1n) is 13.0. The van der Waals surface area contributed by atoms with Gasteiger partial charge in [-0.3, -0.25) is 4.79 Å². The summed E-state index contributed by atoms with van der Waals surface area (Å²) in [4.78, 5) is 35.1. The molecule has 3 amide bonds. The highest BCUT2D eigenvalue weighted by molar-refractivity contribution is 9.10. The third-order valence-electron chi connectivity index (χ3n) is 7.14. The lowest BCUT2D eigenvalue weighted by atomic mass is 10.1. The molecule has 8 nitrogen and oxygen atoms in total. The van der Waals surface area contributed by atoms with E-state index in [0.29, 0.717) is 31.6 Å². The molecule has 1 unspecified atom stereocenters. The zero-order chi connectivity index (χ0) is 27.7. The predicted molar refractivity (Wildman–Crippen MR) is 159 cm³/mol. The van der Waals surface area contributed by atoms with Gasteiger partial charge in [0.15, 0.2) is 0 Å². The number of para-hydroxylation sites is 1. The van der Waals surface area contributed by atoms with Crippen molar-refractivity contribution in [1.29, 1.82) is 0 Å². The van der Waals surface area contributed by atoms with Gasteiger partial charge in [-0.1, -0.05) is 53.2 Å². The van der Waals surface area contributed by atoms with Crippen molar-refractivity contribution in [3.63, 3.8) is 0 Å².